The first-order valence-electron chi connectivity index (χ1n) is 11.0. The Hall–Kier alpha value is -0.830. The van der Waals surface area contributed by atoms with E-state index in [2.05, 4.69) is 19.1 Å². The molecular weight excluding hydrogens is 322 g/mol. The van der Waals surface area contributed by atoms with Crippen molar-refractivity contribution in [1.82, 2.24) is 0 Å². The molecule has 0 fully saturated rings. The van der Waals surface area contributed by atoms with Gasteiger partial charge in [-0.15, -0.1) is 0 Å². The molecule has 0 heterocycles. The highest BCUT2D eigenvalue weighted by Gasteiger charge is 2.21. The lowest BCUT2D eigenvalue weighted by atomic mass is 10.1. The number of carbonyl (C=O) groups is 1. The van der Waals surface area contributed by atoms with E-state index in [4.69, 9.17) is 4.74 Å². The van der Waals surface area contributed by atoms with Gasteiger partial charge in [0, 0.05) is 13.3 Å². The summed E-state index contributed by atoms with van der Waals surface area (Å²) in [7, 11) is 6.13. The summed E-state index contributed by atoms with van der Waals surface area (Å²) in [6.45, 7) is 4.22. The fraction of sp³-hybridized carbons (Fsp3) is 0.870. The van der Waals surface area contributed by atoms with Crippen molar-refractivity contribution < 1.29 is 14.0 Å². The Bertz CT molecular complexity index is 358. The lowest BCUT2D eigenvalue weighted by Gasteiger charge is -2.30. The Kier molecular flexibility index (Phi) is 15.8. The topological polar surface area (TPSA) is 26.3 Å². The fourth-order valence-electron chi connectivity index (χ4n) is 2.75. The van der Waals surface area contributed by atoms with E-state index in [1.165, 1.54) is 70.6 Å². The van der Waals surface area contributed by atoms with Crippen LogP contribution in [0.25, 0.3) is 0 Å². The minimum absolute atomic E-state index is 0.0526. The van der Waals surface area contributed by atoms with Crippen LogP contribution in [-0.4, -0.2) is 37.8 Å². The second-order valence-electron chi connectivity index (χ2n) is 8.54. The number of quaternary nitrogens is 1. The summed E-state index contributed by atoms with van der Waals surface area (Å²) in [5, 5.41) is 0. The number of nitrogens with zero attached hydrogens (tertiary/aromatic N) is 1. The first-order chi connectivity index (χ1) is 12.4. The Morgan fingerprint density at radius 1 is 0.808 bits per heavy atom. The van der Waals surface area contributed by atoms with Crippen molar-refractivity contribution in [2.24, 2.45) is 0 Å². The molecule has 0 saturated carbocycles. The summed E-state index contributed by atoms with van der Waals surface area (Å²) in [5.41, 5.74) is 0. The van der Waals surface area contributed by atoms with Crippen LogP contribution in [0, 0.1) is 0 Å². The minimum Gasteiger partial charge on any atom is -0.413 e. The van der Waals surface area contributed by atoms with Gasteiger partial charge in [-0.2, -0.15) is 0 Å². The van der Waals surface area contributed by atoms with E-state index in [9.17, 15) is 4.79 Å². The number of allylic oxidation sites excluding steroid dienone is 2. The van der Waals surface area contributed by atoms with Gasteiger partial charge in [-0.3, -0.25) is 9.28 Å². The van der Waals surface area contributed by atoms with Crippen LogP contribution >= 0.6 is 0 Å². The zero-order chi connectivity index (χ0) is 19.7. The van der Waals surface area contributed by atoms with Gasteiger partial charge in [0.2, 0.25) is 6.23 Å². The number of ether oxygens (including phenoxy) is 1. The number of hydrogen-bond acceptors (Lipinski definition) is 2. The van der Waals surface area contributed by atoms with E-state index in [1.54, 1.807) is 0 Å². The van der Waals surface area contributed by atoms with Crippen molar-refractivity contribution in [1.29, 1.82) is 0 Å². The maximum atomic E-state index is 11.8. The third kappa shape index (κ3) is 16.6. The molecule has 154 valence electrons. The van der Waals surface area contributed by atoms with Crippen molar-refractivity contribution >= 4 is 5.97 Å². The summed E-state index contributed by atoms with van der Waals surface area (Å²) < 4.78 is 6.11. The van der Waals surface area contributed by atoms with Gasteiger partial charge in [-0.05, 0) is 32.1 Å². The predicted octanol–water partition coefficient (Wildman–Crippen LogP) is 6.62. The summed E-state index contributed by atoms with van der Waals surface area (Å²) in [4.78, 5) is 11.8. The maximum absolute atomic E-state index is 11.8. The van der Waals surface area contributed by atoms with Crippen molar-refractivity contribution in [3.8, 4) is 0 Å². The number of rotatable bonds is 17. The standard InChI is InChI=1S/C23H46NO2/c1-6-7-8-9-10-11-12-13-14-15-16-17-18-19-20-21-23(25)26-22(2)24(3,4)5/h13-14,22H,6-12,15-21H2,1-5H3/q+1/b14-13-. The number of unbranched alkanes of at least 4 members (excludes halogenated alkanes) is 11. The van der Waals surface area contributed by atoms with E-state index in [-0.39, 0.29) is 12.2 Å². The van der Waals surface area contributed by atoms with Crippen molar-refractivity contribution in [3.05, 3.63) is 12.2 Å². The molecule has 0 aliphatic carbocycles. The van der Waals surface area contributed by atoms with Crippen molar-refractivity contribution in [2.75, 3.05) is 21.1 Å². The van der Waals surface area contributed by atoms with Crippen LogP contribution in [0.2, 0.25) is 0 Å². The first kappa shape index (κ1) is 25.2. The molecule has 0 aromatic heterocycles. The quantitative estimate of drug-likeness (QED) is 0.0948. The minimum atomic E-state index is -0.0781. The van der Waals surface area contributed by atoms with Gasteiger partial charge in [0.25, 0.3) is 0 Å². The van der Waals surface area contributed by atoms with Crippen LogP contribution in [0.1, 0.15) is 104 Å². The lowest BCUT2D eigenvalue weighted by molar-refractivity contribution is -0.914. The van der Waals surface area contributed by atoms with Gasteiger partial charge in [0.15, 0.2) is 0 Å². The molecule has 0 aliphatic heterocycles. The van der Waals surface area contributed by atoms with Crippen LogP contribution in [0.5, 0.6) is 0 Å². The number of carbonyl (C=O) groups excluding carboxylic acids is 1. The Labute approximate surface area is 163 Å². The second-order valence-corrected chi connectivity index (χ2v) is 8.54. The molecule has 0 bridgehead atoms. The van der Waals surface area contributed by atoms with Crippen LogP contribution in [-0.2, 0) is 9.53 Å². The molecule has 1 unspecified atom stereocenters. The monoisotopic (exact) mass is 368 g/mol. The molecule has 0 spiro atoms. The predicted molar refractivity (Wildman–Crippen MR) is 113 cm³/mol. The average Bonchev–Trinajstić information content (AvgIpc) is 2.57. The highest BCUT2D eigenvalue weighted by Crippen LogP contribution is 2.11. The smallest absolute Gasteiger partial charge is 0.310 e. The first-order valence-corrected chi connectivity index (χ1v) is 11.0. The lowest BCUT2D eigenvalue weighted by Crippen LogP contribution is -2.45. The molecule has 0 N–H and O–H groups in total. The average molecular weight is 369 g/mol. The highest BCUT2D eigenvalue weighted by atomic mass is 16.6. The zero-order valence-electron chi connectivity index (χ0n) is 18.4. The molecule has 0 rings (SSSR count). The molecule has 3 heteroatoms. The van der Waals surface area contributed by atoms with E-state index in [0.29, 0.717) is 10.9 Å². The van der Waals surface area contributed by atoms with Gasteiger partial charge in [0.1, 0.15) is 0 Å². The van der Waals surface area contributed by atoms with E-state index >= 15 is 0 Å². The molecule has 0 aromatic carbocycles. The maximum Gasteiger partial charge on any atom is 0.310 e. The van der Waals surface area contributed by atoms with Crippen LogP contribution in [0.3, 0.4) is 0 Å². The Morgan fingerprint density at radius 2 is 1.27 bits per heavy atom. The molecule has 3 nitrogen and oxygen atoms in total. The van der Waals surface area contributed by atoms with Crippen LogP contribution < -0.4 is 0 Å². The van der Waals surface area contributed by atoms with Gasteiger partial charge in [-0.25, -0.2) is 0 Å². The molecule has 0 aromatic rings. The summed E-state index contributed by atoms with van der Waals surface area (Å²) in [5.74, 6) is -0.0526. The molecule has 0 radical (unpaired) electrons. The fourth-order valence-corrected chi connectivity index (χ4v) is 2.75. The van der Waals surface area contributed by atoms with Crippen LogP contribution in [0.4, 0.5) is 0 Å². The highest BCUT2D eigenvalue weighted by molar-refractivity contribution is 5.69. The Morgan fingerprint density at radius 3 is 1.77 bits per heavy atom. The largest absolute Gasteiger partial charge is 0.413 e. The van der Waals surface area contributed by atoms with E-state index in [1.807, 2.05) is 28.1 Å². The van der Waals surface area contributed by atoms with E-state index in [0.717, 1.165) is 12.8 Å². The molecule has 1 atom stereocenters. The second kappa shape index (κ2) is 16.4. The van der Waals surface area contributed by atoms with Gasteiger partial charge < -0.3 is 4.74 Å². The molecule has 0 amide bonds. The van der Waals surface area contributed by atoms with E-state index < -0.39 is 0 Å². The van der Waals surface area contributed by atoms with Crippen molar-refractivity contribution in [2.45, 2.75) is 110 Å². The molecule has 26 heavy (non-hydrogen) atoms. The number of esters is 1. The SMILES string of the molecule is CCCCCCCC/C=C\CCCCCCCC(=O)OC(C)[N+](C)(C)C. The van der Waals surface area contributed by atoms with Gasteiger partial charge in [-0.1, -0.05) is 70.4 Å². The van der Waals surface area contributed by atoms with Gasteiger partial charge >= 0.3 is 5.97 Å². The number of hydrogen-bond donors (Lipinski definition) is 0. The third-order valence-electron chi connectivity index (χ3n) is 5.04. The van der Waals surface area contributed by atoms with Crippen LogP contribution in [0.15, 0.2) is 12.2 Å². The normalized spacial score (nSPS) is 13.3. The Balaban J connectivity index is 3.35. The summed E-state index contributed by atoms with van der Waals surface area (Å²) >= 11 is 0. The third-order valence-corrected chi connectivity index (χ3v) is 5.04. The molecule has 0 saturated heterocycles. The molecular formula is C23H46NO2+. The summed E-state index contributed by atoms with van der Waals surface area (Å²) in [6, 6.07) is 0. The van der Waals surface area contributed by atoms with Gasteiger partial charge in [0.05, 0.1) is 21.1 Å². The zero-order valence-corrected chi connectivity index (χ0v) is 18.4. The molecule has 0 aliphatic rings. The summed E-state index contributed by atoms with van der Waals surface area (Å²) in [6.07, 6.45) is 21.8. The van der Waals surface area contributed by atoms with Crippen molar-refractivity contribution in [3.63, 3.8) is 0 Å².